The van der Waals surface area contributed by atoms with E-state index in [4.69, 9.17) is 5.73 Å². The van der Waals surface area contributed by atoms with E-state index in [0.717, 1.165) is 37.4 Å². The van der Waals surface area contributed by atoms with E-state index in [1.807, 2.05) is 25.5 Å². The summed E-state index contributed by atoms with van der Waals surface area (Å²) < 4.78 is 2.08. The van der Waals surface area contributed by atoms with Crippen molar-refractivity contribution < 1.29 is 0 Å². The molecule has 0 spiro atoms. The first kappa shape index (κ1) is 11.1. The Morgan fingerprint density at radius 3 is 3.06 bits per heavy atom. The fraction of sp³-hybridized carbons (Fsp3) is 0.357. The fourth-order valence-corrected chi connectivity index (χ4v) is 2.59. The number of nitrogen functional groups attached to an aromatic ring is 1. The highest BCUT2D eigenvalue weighted by atomic mass is 15.2. The van der Waals surface area contributed by atoms with Crippen LogP contribution in [0.1, 0.15) is 11.4 Å². The zero-order valence-corrected chi connectivity index (χ0v) is 10.6. The quantitative estimate of drug-likeness (QED) is 0.832. The van der Waals surface area contributed by atoms with E-state index >= 15 is 0 Å². The van der Waals surface area contributed by atoms with Gasteiger partial charge in [-0.15, -0.1) is 0 Å². The molecular formula is C14H18N4. The minimum atomic E-state index is 0.861. The number of nitrogens with zero attached hydrogens (tertiary/aromatic N) is 3. The summed E-state index contributed by atoms with van der Waals surface area (Å²) in [6.07, 6.45) is 5.93. The van der Waals surface area contributed by atoms with Crippen molar-refractivity contribution in [2.45, 2.75) is 12.8 Å². The molecule has 0 saturated heterocycles. The third kappa shape index (κ3) is 1.94. The highest BCUT2D eigenvalue weighted by Gasteiger charge is 2.18. The first-order chi connectivity index (χ1) is 8.74. The van der Waals surface area contributed by atoms with Gasteiger partial charge in [-0.3, -0.25) is 0 Å². The first-order valence-electron chi connectivity index (χ1n) is 6.33. The number of hydrogen-bond acceptors (Lipinski definition) is 3. The second kappa shape index (κ2) is 4.37. The Bertz CT molecular complexity index is 559. The lowest BCUT2D eigenvalue weighted by Crippen LogP contribution is -2.24. The van der Waals surface area contributed by atoms with Crippen LogP contribution in [0.15, 0.2) is 30.6 Å². The zero-order valence-electron chi connectivity index (χ0n) is 10.6. The van der Waals surface area contributed by atoms with Crippen LogP contribution in [0.25, 0.3) is 0 Å². The zero-order chi connectivity index (χ0) is 12.5. The largest absolute Gasteiger partial charge is 0.399 e. The van der Waals surface area contributed by atoms with Gasteiger partial charge in [0.1, 0.15) is 5.82 Å². The summed E-state index contributed by atoms with van der Waals surface area (Å²) in [5, 5.41) is 0. The number of aromatic nitrogens is 2. The van der Waals surface area contributed by atoms with Crippen LogP contribution in [0.2, 0.25) is 0 Å². The molecule has 3 rings (SSSR count). The highest BCUT2D eigenvalue weighted by molar-refractivity contribution is 5.62. The molecule has 0 unspecified atom stereocenters. The van der Waals surface area contributed by atoms with Gasteiger partial charge in [0.25, 0.3) is 0 Å². The van der Waals surface area contributed by atoms with E-state index in [2.05, 4.69) is 26.6 Å². The van der Waals surface area contributed by atoms with Gasteiger partial charge in [0.05, 0.1) is 0 Å². The first-order valence-corrected chi connectivity index (χ1v) is 6.33. The van der Waals surface area contributed by atoms with E-state index in [-0.39, 0.29) is 0 Å². The molecule has 2 N–H and O–H groups in total. The molecule has 2 heterocycles. The number of benzene rings is 1. The van der Waals surface area contributed by atoms with Crippen LogP contribution in [0.5, 0.6) is 0 Å². The Morgan fingerprint density at radius 2 is 2.28 bits per heavy atom. The topological polar surface area (TPSA) is 47.1 Å². The summed E-state index contributed by atoms with van der Waals surface area (Å²) in [6.45, 7) is 2.10. The molecule has 1 aromatic heterocycles. The van der Waals surface area contributed by atoms with E-state index in [9.17, 15) is 0 Å². The normalized spacial score (nSPS) is 13.9. The van der Waals surface area contributed by atoms with E-state index in [0.29, 0.717) is 0 Å². The molecule has 1 aliphatic rings. The lowest BCUT2D eigenvalue weighted by Gasteiger charge is -2.19. The number of anilines is 2. The predicted octanol–water partition coefficient (Wildman–Crippen LogP) is 1.61. The Morgan fingerprint density at radius 1 is 1.39 bits per heavy atom. The van der Waals surface area contributed by atoms with Gasteiger partial charge < -0.3 is 15.2 Å². The van der Waals surface area contributed by atoms with E-state index < -0.39 is 0 Å². The van der Waals surface area contributed by atoms with E-state index in [1.54, 1.807) is 0 Å². The van der Waals surface area contributed by atoms with Crippen LogP contribution in [-0.2, 0) is 19.9 Å². The summed E-state index contributed by atoms with van der Waals surface area (Å²) in [4.78, 5) is 6.78. The lowest BCUT2D eigenvalue weighted by molar-refractivity contribution is 0.737. The van der Waals surface area contributed by atoms with Gasteiger partial charge in [-0.25, -0.2) is 4.98 Å². The highest BCUT2D eigenvalue weighted by Crippen LogP contribution is 2.29. The number of nitrogens with two attached hydrogens (primary N) is 1. The van der Waals surface area contributed by atoms with Gasteiger partial charge in [-0.1, -0.05) is 0 Å². The molecule has 1 aliphatic heterocycles. The molecule has 0 radical (unpaired) electrons. The molecule has 0 aliphatic carbocycles. The third-order valence-corrected chi connectivity index (χ3v) is 3.62. The van der Waals surface area contributed by atoms with Crippen molar-refractivity contribution in [1.82, 2.24) is 9.55 Å². The maximum absolute atomic E-state index is 5.82. The van der Waals surface area contributed by atoms with Crippen LogP contribution in [0, 0.1) is 0 Å². The molecule has 0 atom stereocenters. The van der Waals surface area contributed by atoms with Gasteiger partial charge in [0.2, 0.25) is 0 Å². The monoisotopic (exact) mass is 242 g/mol. The van der Waals surface area contributed by atoms with Crippen molar-refractivity contribution in [3.05, 3.63) is 42.0 Å². The minimum absolute atomic E-state index is 0.861. The Balaban J connectivity index is 1.71. The number of fused-ring (bicyclic) bond motifs is 1. The number of rotatable bonds is 3. The summed E-state index contributed by atoms with van der Waals surface area (Å²) in [7, 11) is 2.04. The van der Waals surface area contributed by atoms with E-state index in [1.165, 1.54) is 11.3 Å². The molecule has 94 valence electrons. The van der Waals surface area contributed by atoms with Crippen molar-refractivity contribution in [2.24, 2.45) is 7.05 Å². The minimum Gasteiger partial charge on any atom is -0.399 e. The van der Waals surface area contributed by atoms with Crippen molar-refractivity contribution in [3.63, 3.8) is 0 Å². The molecule has 0 fully saturated rings. The Kier molecular flexibility index (Phi) is 2.70. The molecule has 0 amide bonds. The third-order valence-electron chi connectivity index (χ3n) is 3.62. The summed E-state index contributed by atoms with van der Waals surface area (Å²) in [6, 6.07) is 6.21. The molecule has 2 aromatic rings. The van der Waals surface area contributed by atoms with Crippen molar-refractivity contribution in [3.8, 4) is 0 Å². The smallest absolute Gasteiger partial charge is 0.110 e. The summed E-state index contributed by atoms with van der Waals surface area (Å²) in [5.74, 6) is 1.14. The lowest BCUT2D eigenvalue weighted by atomic mass is 10.1. The Hall–Kier alpha value is -1.97. The van der Waals surface area contributed by atoms with Gasteiger partial charge in [0.15, 0.2) is 0 Å². The van der Waals surface area contributed by atoms with Crippen molar-refractivity contribution >= 4 is 11.4 Å². The molecule has 0 saturated carbocycles. The average Bonchev–Trinajstić information content (AvgIpc) is 2.93. The average molecular weight is 242 g/mol. The number of aryl methyl sites for hydroxylation is 1. The summed E-state index contributed by atoms with van der Waals surface area (Å²) >= 11 is 0. The molecular weight excluding hydrogens is 224 g/mol. The van der Waals surface area contributed by atoms with Gasteiger partial charge in [-0.05, 0) is 30.2 Å². The molecule has 4 heteroatoms. The number of imidazole rings is 1. The maximum Gasteiger partial charge on any atom is 0.110 e. The van der Waals surface area contributed by atoms with Crippen LogP contribution in [0.3, 0.4) is 0 Å². The second-order valence-corrected chi connectivity index (χ2v) is 4.83. The molecule has 0 bridgehead atoms. The molecule has 1 aromatic carbocycles. The summed E-state index contributed by atoms with van der Waals surface area (Å²) in [5.41, 5.74) is 9.38. The predicted molar refractivity (Wildman–Crippen MR) is 73.7 cm³/mol. The fourth-order valence-electron chi connectivity index (χ4n) is 2.59. The maximum atomic E-state index is 5.82. The van der Waals surface area contributed by atoms with Crippen LogP contribution >= 0.6 is 0 Å². The Labute approximate surface area is 107 Å². The van der Waals surface area contributed by atoms with Gasteiger partial charge in [0, 0.05) is 50.3 Å². The SMILES string of the molecule is Cn1ccnc1CCN1CCc2cc(N)ccc21. The van der Waals surface area contributed by atoms with Crippen LogP contribution < -0.4 is 10.6 Å². The van der Waals surface area contributed by atoms with Gasteiger partial charge >= 0.3 is 0 Å². The van der Waals surface area contributed by atoms with Crippen molar-refractivity contribution in [2.75, 3.05) is 23.7 Å². The van der Waals surface area contributed by atoms with Crippen LogP contribution in [-0.4, -0.2) is 22.6 Å². The van der Waals surface area contributed by atoms with Crippen molar-refractivity contribution in [1.29, 1.82) is 0 Å². The number of hydrogen-bond donors (Lipinski definition) is 1. The van der Waals surface area contributed by atoms with Gasteiger partial charge in [-0.2, -0.15) is 0 Å². The van der Waals surface area contributed by atoms with Crippen LogP contribution in [0.4, 0.5) is 11.4 Å². The molecule has 4 nitrogen and oxygen atoms in total. The second-order valence-electron chi connectivity index (χ2n) is 4.83. The molecule has 18 heavy (non-hydrogen) atoms. The standard InChI is InChI=1S/C14H18N4/c1-17-9-6-16-14(17)5-8-18-7-4-11-10-12(15)2-3-13(11)18/h2-3,6,9-10H,4-5,7-8,15H2,1H3.